The Bertz CT molecular complexity index is 4560. The van der Waals surface area contributed by atoms with Crippen LogP contribution in [0.15, 0.2) is 146 Å². The molecular formula is C85H98N4OS. The minimum atomic E-state index is -0.257. The van der Waals surface area contributed by atoms with Crippen molar-refractivity contribution in [3.8, 4) is 39.6 Å². The number of pyridine rings is 1. The summed E-state index contributed by atoms with van der Waals surface area (Å²) in [6.07, 6.45) is 1.98. The summed E-state index contributed by atoms with van der Waals surface area (Å²) in [6.45, 7) is 56.8. The molecule has 0 N–H and O–H groups in total. The van der Waals surface area contributed by atoms with Gasteiger partial charge in [0.1, 0.15) is 24.0 Å². The van der Waals surface area contributed by atoms with Crippen molar-refractivity contribution in [3.63, 3.8) is 0 Å². The minimum absolute atomic E-state index is 0.0757. The van der Waals surface area contributed by atoms with Crippen LogP contribution in [0.2, 0.25) is 0 Å². The summed E-state index contributed by atoms with van der Waals surface area (Å²) >= 11 is 1.89. The fourth-order valence-corrected chi connectivity index (χ4v) is 14.9. The molecule has 0 fully saturated rings. The summed E-state index contributed by atoms with van der Waals surface area (Å²) < 4.78 is 12.5. The number of para-hydroxylation sites is 2. The average Bonchev–Trinajstić information content (AvgIpc) is 1.60. The molecule has 0 amide bonds. The van der Waals surface area contributed by atoms with E-state index in [1.54, 1.807) is 0 Å². The maximum atomic E-state index is 7.54. The zero-order chi connectivity index (χ0) is 65.8. The standard InChI is InChI=1S/C85H98N4OS/c1-50-51(2)73(53-37-56(80(7,8)9)41-57(38-53)81(10,11)12)77(74(52(50)3)54-39-58(82(13,14)15)42-59(40-54)83(16,17)18)88-49-87(67-30-26-27-31-68(67)88)61-43-60(84(19,20)21)44-62(46-61)90-63-47-66(85(22,23)24)75-70(48-63)89(72-45-55(35-36-86-72)79(4,5)6)69-34-33-65-64-29-25-28-32-71(64)91-78(65)76(69)75/h25-48H,49H2,1-24H3. The summed E-state index contributed by atoms with van der Waals surface area (Å²) in [4.78, 5) is 10.4. The Morgan fingerprint density at radius 3 is 1.43 bits per heavy atom. The summed E-state index contributed by atoms with van der Waals surface area (Å²) in [5, 5.41) is 5.08. The first-order valence-corrected chi connectivity index (χ1v) is 33.9. The fourth-order valence-electron chi connectivity index (χ4n) is 13.7. The predicted octanol–water partition coefficient (Wildman–Crippen LogP) is 24.9. The van der Waals surface area contributed by atoms with Gasteiger partial charge in [0.25, 0.3) is 0 Å². The summed E-state index contributed by atoms with van der Waals surface area (Å²) in [5.41, 5.74) is 24.1. The Balaban J connectivity index is 1.09. The number of rotatable bonds is 7. The number of nitrogens with zero attached hydrogens (tertiary/aromatic N) is 4. The van der Waals surface area contributed by atoms with Gasteiger partial charge < -0.3 is 14.5 Å². The number of hydrogen-bond donors (Lipinski definition) is 0. The first kappa shape index (κ1) is 63.5. The van der Waals surface area contributed by atoms with E-state index in [-0.39, 0.29) is 37.9 Å². The first-order chi connectivity index (χ1) is 42.3. The highest BCUT2D eigenvalue weighted by molar-refractivity contribution is 7.26. The highest BCUT2D eigenvalue weighted by Crippen LogP contribution is 2.56. The van der Waals surface area contributed by atoms with Gasteiger partial charge in [-0.1, -0.05) is 218 Å². The molecule has 0 atom stereocenters. The van der Waals surface area contributed by atoms with Gasteiger partial charge in [0.05, 0.1) is 28.1 Å². The van der Waals surface area contributed by atoms with E-state index in [1.165, 1.54) is 120 Å². The molecule has 91 heavy (non-hydrogen) atoms. The number of hydrogen-bond acceptors (Lipinski definition) is 5. The molecule has 0 radical (unpaired) electrons. The van der Waals surface area contributed by atoms with Gasteiger partial charge in [0.2, 0.25) is 0 Å². The molecule has 0 aliphatic carbocycles. The zero-order valence-electron chi connectivity index (χ0n) is 59.2. The van der Waals surface area contributed by atoms with Crippen molar-refractivity contribution in [3.05, 3.63) is 201 Å². The van der Waals surface area contributed by atoms with Crippen LogP contribution in [0.25, 0.3) is 70.0 Å². The monoisotopic (exact) mass is 1220 g/mol. The summed E-state index contributed by atoms with van der Waals surface area (Å²) in [6, 6.07) is 53.6. The molecule has 4 heterocycles. The van der Waals surface area contributed by atoms with Crippen molar-refractivity contribution in [1.82, 2.24) is 9.55 Å². The van der Waals surface area contributed by atoms with Gasteiger partial charge in [-0.3, -0.25) is 4.57 Å². The summed E-state index contributed by atoms with van der Waals surface area (Å²) in [7, 11) is 0. The predicted molar refractivity (Wildman–Crippen MR) is 396 cm³/mol. The van der Waals surface area contributed by atoms with E-state index in [1.807, 2.05) is 17.5 Å². The van der Waals surface area contributed by atoms with Crippen LogP contribution in [0, 0.1) is 20.8 Å². The van der Waals surface area contributed by atoms with E-state index in [9.17, 15) is 0 Å². The number of fused-ring (bicyclic) bond motifs is 8. The Labute approximate surface area is 548 Å². The number of anilines is 4. The number of aromatic nitrogens is 2. The SMILES string of the molecule is Cc1c(C)c(-c2cc(C(C)(C)C)cc(C(C)(C)C)c2)c(N2CN(c3cc(Oc4cc(C(C)(C)C)c5c6c7sc8ccccc8c7ccc6n(-c6cc(C(C)(C)C)ccn6)c5c4)cc(C(C)(C)C)c3)c3ccccc32)c(-c2cc(C(C)(C)C)cc(C(C)(C)C)c2)c1C. The Morgan fingerprint density at radius 1 is 0.407 bits per heavy atom. The Kier molecular flexibility index (Phi) is 15.2. The van der Waals surface area contributed by atoms with E-state index < -0.39 is 0 Å². The van der Waals surface area contributed by atoms with Crippen molar-refractivity contribution < 1.29 is 4.74 Å². The molecular weight excluding hydrogens is 1130 g/mol. The molecule has 12 rings (SSSR count). The lowest BCUT2D eigenvalue weighted by molar-refractivity contribution is 0.476. The molecule has 1 aliphatic rings. The molecule has 1 aliphatic heterocycles. The van der Waals surface area contributed by atoms with Crippen LogP contribution < -0.4 is 14.5 Å². The number of ether oxygens (including phenoxy) is 1. The molecule has 3 aromatic heterocycles. The lowest BCUT2D eigenvalue weighted by Gasteiger charge is -2.33. The third-order valence-electron chi connectivity index (χ3n) is 19.6. The molecule has 0 bridgehead atoms. The molecule has 8 aromatic carbocycles. The van der Waals surface area contributed by atoms with Crippen LogP contribution in [0.3, 0.4) is 0 Å². The maximum Gasteiger partial charge on any atom is 0.137 e. The smallest absolute Gasteiger partial charge is 0.137 e. The highest BCUT2D eigenvalue weighted by Gasteiger charge is 2.37. The lowest BCUT2D eigenvalue weighted by atomic mass is 9.76. The van der Waals surface area contributed by atoms with Gasteiger partial charge in [-0.15, -0.1) is 11.3 Å². The molecule has 0 spiro atoms. The molecule has 5 nitrogen and oxygen atoms in total. The first-order valence-electron chi connectivity index (χ1n) is 33.1. The van der Waals surface area contributed by atoms with Crippen LogP contribution in [-0.2, 0) is 37.9 Å². The van der Waals surface area contributed by atoms with Crippen LogP contribution in [0.5, 0.6) is 11.5 Å². The molecule has 470 valence electrons. The normalized spacial score (nSPS) is 13.8. The van der Waals surface area contributed by atoms with Crippen molar-refractivity contribution in [1.29, 1.82) is 0 Å². The highest BCUT2D eigenvalue weighted by atomic mass is 32.1. The van der Waals surface area contributed by atoms with Gasteiger partial charge in [-0.25, -0.2) is 4.98 Å². The van der Waals surface area contributed by atoms with E-state index >= 15 is 0 Å². The lowest BCUT2D eigenvalue weighted by Crippen LogP contribution is -2.26. The van der Waals surface area contributed by atoms with Crippen molar-refractivity contribution in [2.75, 3.05) is 16.5 Å². The fraction of sp³-hybridized carbons (Fsp3) is 0.376. The molecule has 0 unspecified atom stereocenters. The third kappa shape index (κ3) is 11.5. The van der Waals surface area contributed by atoms with Crippen LogP contribution in [0.4, 0.5) is 22.7 Å². The van der Waals surface area contributed by atoms with Crippen molar-refractivity contribution in [2.45, 2.75) is 204 Å². The minimum Gasteiger partial charge on any atom is -0.457 e. The van der Waals surface area contributed by atoms with Crippen LogP contribution >= 0.6 is 11.3 Å². The molecule has 6 heteroatoms. The van der Waals surface area contributed by atoms with Gasteiger partial charge in [0.15, 0.2) is 0 Å². The molecule has 11 aromatic rings. The van der Waals surface area contributed by atoms with Gasteiger partial charge in [-0.05, 0) is 180 Å². The second-order valence-corrected chi connectivity index (χ2v) is 34.7. The van der Waals surface area contributed by atoms with Crippen LogP contribution in [-0.4, -0.2) is 16.2 Å². The second-order valence-electron chi connectivity index (χ2n) is 33.7. The van der Waals surface area contributed by atoms with Gasteiger partial charge >= 0.3 is 0 Å². The molecule has 0 saturated heterocycles. The van der Waals surface area contributed by atoms with E-state index in [2.05, 4.69) is 320 Å². The van der Waals surface area contributed by atoms with Crippen LogP contribution in [0.1, 0.15) is 201 Å². The summed E-state index contributed by atoms with van der Waals surface area (Å²) in [5.74, 6) is 2.49. The van der Waals surface area contributed by atoms with Crippen molar-refractivity contribution in [2.24, 2.45) is 0 Å². The Morgan fingerprint density at radius 2 is 0.901 bits per heavy atom. The molecule has 0 saturated carbocycles. The second kappa shape index (κ2) is 21.7. The average molecular weight is 1220 g/mol. The van der Waals surface area contributed by atoms with E-state index in [0.717, 1.165) is 39.7 Å². The quantitative estimate of drug-likeness (QED) is 0.159. The topological polar surface area (TPSA) is 33.5 Å². The zero-order valence-corrected chi connectivity index (χ0v) is 60.0. The van der Waals surface area contributed by atoms with Gasteiger partial charge in [0, 0.05) is 66.1 Å². The third-order valence-corrected chi connectivity index (χ3v) is 20.8. The number of benzene rings is 8. The Hall–Kier alpha value is -7.67. The van der Waals surface area contributed by atoms with E-state index in [4.69, 9.17) is 9.72 Å². The maximum absolute atomic E-state index is 7.54. The van der Waals surface area contributed by atoms with Gasteiger partial charge in [-0.2, -0.15) is 0 Å². The number of thiophene rings is 1. The largest absolute Gasteiger partial charge is 0.457 e. The van der Waals surface area contributed by atoms with Crippen molar-refractivity contribution >= 4 is 76.1 Å². The van der Waals surface area contributed by atoms with E-state index in [0.29, 0.717) is 6.67 Å².